The summed E-state index contributed by atoms with van der Waals surface area (Å²) in [6.45, 7) is 6.00. The Bertz CT molecular complexity index is 636. The zero-order chi connectivity index (χ0) is 15.4. The maximum atomic E-state index is 12.1. The van der Waals surface area contributed by atoms with Crippen LogP contribution in [0.5, 0.6) is 0 Å². The molecule has 0 aromatic heterocycles. The van der Waals surface area contributed by atoms with E-state index in [1.807, 2.05) is 45.0 Å². The van der Waals surface area contributed by atoms with E-state index in [0.717, 1.165) is 22.4 Å². The van der Waals surface area contributed by atoms with E-state index in [4.69, 9.17) is 5.73 Å². The Kier molecular flexibility index (Phi) is 6.60. The smallest absolute Gasteiger partial charge is 0.228 e. The van der Waals surface area contributed by atoms with Crippen molar-refractivity contribution in [1.29, 1.82) is 0 Å². The lowest BCUT2D eigenvalue weighted by atomic mass is 10.0. The molecule has 3 N–H and O–H groups in total. The Morgan fingerprint density at radius 1 is 1.14 bits per heavy atom. The van der Waals surface area contributed by atoms with Gasteiger partial charge >= 0.3 is 0 Å². The van der Waals surface area contributed by atoms with E-state index in [1.165, 1.54) is 5.56 Å². The number of carbonyl (C=O) groups excluding carboxylic acids is 1. The van der Waals surface area contributed by atoms with E-state index in [-0.39, 0.29) is 24.4 Å². The number of amides is 1. The minimum Gasteiger partial charge on any atom is -0.326 e. The van der Waals surface area contributed by atoms with Crippen molar-refractivity contribution < 1.29 is 4.79 Å². The van der Waals surface area contributed by atoms with Gasteiger partial charge in [0.05, 0.1) is 6.42 Å². The molecule has 0 aliphatic heterocycles. The lowest BCUT2D eigenvalue weighted by Gasteiger charge is -2.10. The number of halogens is 1. The van der Waals surface area contributed by atoms with Gasteiger partial charge in [-0.3, -0.25) is 4.79 Å². The Morgan fingerprint density at radius 3 is 2.36 bits per heavy atom. The van der Waals surface area contributed by atoms with Gasteiger partial charge in [-0.2, -0.15) is 0 Å². The van der Waals surface area contributed by atoms with Gasteiger partial charge in [-0.15, -0.1) is 12.4 Å². The van der Waals surface area contributed by atoms with Gasteiger partial charge in [0.25, 0.3) is 0 Å². The van der Waals surface area contributed by atoms with Gasteiger partial charge in [-0.1, -0.05) is 35.9 Å². The lowest BCUT2D eigenvalue weighted by Crippen LogP contribution is -2.15. The number of hydrogen-bond donors (Lipinski definition) is 2. The first-order chi connectivity index (χ1) is 9.95. The maximum absolute atomic E-state index is 12.1. The summed E-state index contributed by atoms with van der Waals surface area (Å²) in [5, 5.41) is 2.92. The molecular weight excluding hydrogens is 296 g/mol. The van der Waals surface area contributed by atoms with Crippen LogP contribution < -0.4 is 11.1 Å². The predicted molar refractivity (Wildman–Crippen MR) is 94.5 cm³/mol. The van der Waals surface area contributed by atoms with E-state index in [9.17, 15) is 4.79 Å². The third-order valence-corrected chi connectivity index (χ3v) is 3.58. The highest BCUT2D eigenvalue weighted by Gasteiger charge is 2.07. The van der Waals surface area contributed by atoms with Crippen LogP contribution in [0.4, 0.5) is 5.69 Å². The lowest BCUT2D eigenvalue weighted by molar-refractivity contribution is -0.115. The standard InChI is InChI=1S/C18H22N2O.ClH/c1-12-4-5-13(2)16(10-12)11-18(21)20-17-8-6-15(7-9-17)14(3)19;/h4-10,14H,11,19H2,1-3H3,(H,20,21);1H. The normalized spacial score (nSPS) is 11.5. The molecule has 1 atom stereocenters. The second kappa shape index (κ2) is 7.97. The highest BCUT2D eigenvalue weighted by atomic mass is 35.5. The second-order valence-corrected chi connectivity index (χ2v) is 5.57. The number of rotatable bonds is 4. The van der Waals surface area contributed by atoms with Crippen molar-refractivity contribution in [2.75, 3.05) is 5.32 Å². The molecule has 22 heavy (non-hydrogen) atoms. The van der Waals surface area contributed by atoms with Crippen molar-refractivity contribution in [2.24, 2.45) is 5.73 Å². The van der Waals surface area contributed by atoms with Gasteiger partial charge in [0, 0.05) is 11.7 Å². The summed E-state index contributed by atoms with van der Waals surface area (Å²) in [6, 6.07) is 13.8. The highest BCUT2D eigenvalue weighted by molar-refractivity contribution is 5.92. The number of carbonyl (C=O) groups is 1. The molecule has 4 heteroatoms. The molecule has 0 fully saturated rings. The third-order valence-electron chi connectivity index (χ3n) is 3.58. The molecule has 118 valence electrons. The molecule has 2 rings (SSSR count). The SMILES string of the molecule is Cc1ccc(C)c(CC(=O)Nc2ccc(C(C)N)cc2)c1.Cl. The average Bonchev–Trinajstić information content (AvgIpc) is 2.43. The van der Waals surface area contributed by atoms with Crippen molar-refractivity contribution in [2.45, 2.75) is 33.2 Å². The Hall–Kier alpha value is -1.84. The van der Waals surface area contributed by atoms with Crippen LogP contribution in [0.15, 0.2) is 42.5 Å². The Balaban J connectivity index is 0.00000242. The number of nitrogens with one attached hydrogen (secondary N) is 1. The van der Waals surface area contributed by atoms with Crippen LogP contribution in [0, 0.1) is 13.8 Å². The molecule has 0 radical (unpaired) electrons. The first-order valence-electron chi connectivity index (χ1n) is 7.17. The van der Waals surface area contributed by atoms with Crippen LogP contribution in [0.2, 0.25) is 0 Å². The van der Waals surface area contributed by atoms with E-state index < -0.39 is 0 Å². The number of aryl methyl sites for hydroxylation is 2. The molecule has 1 amide bonds. The monoisotopic (exact) mass is 318 g/mol. The molecule has 2 aromatic carbocycles. The Labute approximate surface area is 138 Å². The average molecular weight is 319 g/mol. The number of anilines is 1. The van der Waals surface area contributed by atoms with Crippen LogP contribution in [0.25, 0.3) is 0 Å². The summed E-state index contributed by atoms with van der Waals surface area (Å²) in [4.78, 5) is 12.1. The topological polar surface area (TPSA) is 55.1 Å². The highest BCUT2D eigenvalue weighted by Crippen LogP contribution is 2.16. The Morgan fingerprint density at radius 2 is 1.77 bits per heavy atom. The van der Waals surface area contributed by atoms with Crippen molar-refractivity contribution in [3.63, 3.8) is 0 Å². The summed E-state index contributed by atoms with van der Waals surface area (Å²) in [5.41, 5.74) is 11.1. The van der Waals surface area contributed by atoms with E-state index in [2.05, 4.69) is 23.5 Å². The zero-order valence-electron chi connectivity index (χ0n) is 13.2. The third kappa shape index (κ3) is 4.86. The molecule has 2 aromatic rings. The van der Waals surface area contributed by atoms with Crippen molar-refractivity contribution in [3.8, 4) is 0 Å². The summed E-state index contributed by atoms with van der Waals surface area (Å²) < 4.78 is 0. The number of benzene rings is 2. The van der Waals surface area contributed by atoms with Gasteiger partial charge in [-0.05, 0) is 49.6 Å². The minimum absolute atomic E-state index is 0. The molecule has 1 unspecified atom stereocenters. The molecular formula is C18H23ClN2O. The molecule has 0 aliphatic carbocycles. The number of nitrogens with two attached hydrogens (primary N) is 1. The van der Waals surface area contributed by atoms with Crippen molar-refractivity contribution >= 4 is 24.0 Å². The first kappa shape index (κ1) is 18.2. The van der Waals surface area contributed by atoms with Crippen LogP contribution >= 0.6 is 12.4 Å². The fourth-order valence-corrected chi connectivity index (χ4v) is 2.24. The predicted octanol–water partition coefficient (Wildman–Crippen LogP) is 3.93. The fourth-order valence-electron chi connectivity index (χ4n) is 2.24. The quantitative estimate of drug-likeness (QED) is 0.897. The van der Waals surface area contributed by atoms with Crippen LogP contribution in [-0.2, 0) is 11.2 Å². The summed E-state index contributed by atoms with van der Waals surface area (Å²) >= 11 is 0. The van der Waals surface area contributed by atoms with Crippen molar-refractivity contribution in [3.05, 3.63) is 64.7 Å². The van der Waals surface area contributed by atoms with Crippen molar-refractivity contribution in [1.82, 2.24) is 0 Å². The molecule has 0 bridgehead atoms. The largest absolute Gasteiger partial charge is 0.326 e. The molecule has 0 saturated carbocycles. The second-order valence-electron chi connectivity index (χ2n) is 5.57. The van der Waals surface area contributed by atoms with Gasteiger partial charge < -0.3 is 11.1 Å². The summed E-state index contributed by atoms with van der Waals surface area (Å²) in [5.74, 6) is -0.00255. The summed E-state index contributed by atoms with van der Waals surface area (Å²) in [7, 11) is 0. The van der Waals surface area contributed by atoms with E-state index >= 15 is 0 Å². The van der Waals surface area contributed by atoms with Gasteiger partial charge in [-0.25, -0.2) is 0 Å². The number of hydrogen-bond acceptors (Lipinski definition) is 2. The molecule has 0 heterocycles. The molecule has 3 nitrogen and oxygen atoms in total. The zero-order valence-corrected chi connectivity index (χ0v) is 14.0. The van der Waals surface area contributed by atoms with Crippen LogP contribution in [0.3, 0.4) is 0 Å². The molecule has 0 spiro atoms. The van der Waals surface area contributed by atoms with Gasteiger partial charge in [0.15, 0.2) is 0 Å². The molecule has 0 aliphatic rings. The molecule has 0 saturated heterocycles. The van der Waals surface area contributed by atoms with E-state index in [1.54, 1.807) is 0 Å². The van der Waals surface area contributed by atoms with Gasteiger partial charge in [0.2, 0.25) is 5.91 Å². The first-order valence-corrected chi connectivity index (χ1v) is 7.17. The van der Waals surface area contributed by atoms with Crippen LogP contribution in [-0.4, -0.2) is 5.91 Å². The van der Waals surface area contributed by atoms with E-state index in [0.29, 0.717) is 6.42 Å². The summed E-state index contributed by atoms with van der Waals surface area (Å²) in [6.07, 6.45) is 0.391. The minimum atomic E-state index is -0.00255. The fraction of sp³-hybridized carbons (Fsp3) is 0.278. The maximum Gasteiger partial charge on any atom is 0.228 e. The van der Waals surface area contributed by atoms with Crippen LogP contribution in [0.1, 0.15) is 35.2 Å². The van der Waals surface area contributed by atoms with Gasteiger partial charge in [0.1, 0.15) is 0 Å².